The van der Waals surface area contributed by atoms with E-state index in [-0.39, 0.29) is 0 Å². The molecule has 3 rings (SSSR count). The van der Waals surface area contributed by atoms with Gasteiger partial charge >= 0.3 is 0 Å². The molecule has 2 heteroatoms. The molecule has 1 aromatic rings. The third-order valence-corrected chi connectivity index (χ3v) is 2.82. The van der Waals surface area contributed by atoms with Crippen LogP contribution in [0.25, 0.3) is 0 Å². The van der Waals surface area contributed by atoms with Crippen molar-refractivity contribution in [2.24, 2.45) is 0 Å². The number of fused-ring (bicyclic) bond motifs is 1. The zero-order valence-electron chi connectivity index (χ0n) is 7.10. The van der Waals surface area contributed by atoms with Crippen molar-refractivity contribution in [3.63, 3.8) is 0 Å². The minimum absolute atomic E-state index is 0.399. The molecule has 0 amide bonds. The van der Waals surface area contributed by atoms with Gasteiger partial charge in [-0.1, -0.05) is 0 Å². The molecule has 0 unspecified atom stereocenters. The summed E-state index contributed by atoms with van der Waals surface area (Å²) in [5, 5.41) is 0. The number of nitrogens with one attached hydrogen (secondary N) is 1. The molecular weight excluding hydrogens is 150 g/mol. The highest BCUT2D eigenvalue weighted by Gasteiger charge is 2.27. The van der Waals surface area contributed by atoms with Gasteiger partial charge in [0.25, 0.3) is 0 Å². The molecule has 1 aliphatic heterocycles. The van der Waals surface area contributed by atoms with Gasteiger partial charge in [-0.3, -0.25) is 0 Å². The number of aromatic amines is 1. The lowest BCUT2D eigenvalue weighted by molar-refractivity contribution is 0.412. The Balaban J connectivity index is 1.97. The third-order valence-electron chi connectivity index (χ3n) is 2.82. The van der Waals surface area contributed by atoms with Gasteiger partial charge in [-0.05, 0) is 37.3 Å². The standard InChI is InChI=1S/C10H13NO/c1-2-4-8-7(3-1)5-9(11-8)10-6-12-10/h5,10-11H,1-4,6H2/t10-/m0/s1. The second-order valence-corrected chi connectivity index (χ2v) is 3.76. The number of hydrogen-bond donors (Lipinski definition) is 1. The smallest absolute Gasteiger partial charge is 0.121 e. The van der Waals surface area contributed by atoms with E-state index in [1.807, 2.05) is 0 Å². The van der Waals surface area contributed by atoms with Crippen LogP contribution in [0.2, 0.25) is 0 Å². The second kappa shape index (κ2) is 2.36. The van der Waals surface area contributed by atoms with E-state index in [0.717, 1.165) is 6.61 Å². The maximum Gasteiger partial charge on any atom is 0.121 e. The van der Waals surface area contributed by atoms with Crippen molar-refractivity contribution in [3.8, 4) is 0 Å². The van der Waals surface area contributed by atoms with Crippen molar-refractivity contribution in [1.82, 2.24) is 4.98 Å². The third kappa shape index (κ3) is 0.985. The van der Waals surface area contributed by atoms with Crippen molar-refractivity contribution in [2.45, 2.75) is 31.8 Å². The molecule has 2 aliphatic rings. The lowest BCUT2D eigenvalue weighted by Gasteiger charge is -2.08. The molecule has 1 saturated heterocycles. The number of aryl methyl sites for hydroxylation is 2. The molecule has 1 atom stereocenters. The summed E-state index contributed by atoms with van der Waals surface area (Å²) >= 11 is 0. The first-order valence-electron chi connectivity index (χ1n) is 4.76. The lowest BCUT2D eigenvalue weighted by Crippen LogP contribution is -1.99. The van der Waals surface area contributed by atoms with Crippen molar-refractivity contribution < 1.29 is 4.74 Å². The fraction of sp³-hybridized carbons (Fsp3) is 0.600. The largest absolute Gasteiger partial charge is 0.366 e. The van der Waals surface area contributed by atoms with E-state index in [1.54, 1.807) is 0 Å². The van der Waals surface area contributed by atoms with E-state index in [4.69, 9.17) is 4.74 Å². The Morgan fingerprint density at radius 2 is 2.17 bits per heavy atom. The predicted octanol–water partition coefficient (Wildman–Crippen LogP) is 1.96. The Bertz CT molecular complexity index is 275. The van der Waals surface area contributed by atoms with Crippen LogP contribution < -0.4 is 0 Å². The first-order chi connectivity index (χ1) is 5.93. The van der Waals surface area contributed by atoms with Gasteiger partial charge in [-0.15, -0.1) is 0 Å². The van der Waals surface area contributed by atoms with Gasteiger partial charge in [0.2, 0.25) is 0 Å². The van der Waals surface area contributed by atoms with Crippen LogP contribution in [-0.2, 0) is 17.6 Å². The normalized spacial score (nSPS) is 26.8. The van der Waals surface area contributed by atoms with Crippen molar-refractivity contribution >= 4 is 0 Å². The SMILES string of the molecule is c1c([C@@H]2CO2)[nH]c2c1CCCC2. The summed E-state index contributed by atoms with van der Waals surface area (Å²) < 4.78 is 5.24. The first kappa shape index (κ1) is 6.72. The van der Waals surface area contributed by atoms with Gasteiger partial charge in [-0.2, -0.15) is 0 Å². The molecule has 1 N–H and O–H groups in total. The molecule has 0 saturated carbocycles. The van der Waals surface area contributed by atoms with E-state index < -0.39 is 0 Å². The summed E-state index contributed by atoms with van der Waals surface area (Å²) in [6.07, 6.45) is 5.60. The van der Waals surface area contributed by atoms with Gasteiger partial charge < -0.3 is 9.72 Å². The number of hydrogen-bond acceptors (Lipinski definition) is 1. The maximum atomic E-state index is 5.24. The molecule has 0 radical (unpaired) electrons. The Kier molecular flexibility index (Phi) is 1.32. The lowest BCUT2D eigenvalue weighted by atomic mass is 9.98. The second-order valence-electron chi connectivity index (χ2n) is 3.76. The molecule has 64 valence electrons. The first-order valence-corrected chi connectivity index (χ1v) is 4.76. The highest BCUT2D eigenvalue weighted by Crippen LogP contribution is 2.32. The van der Waals surface area contributed by atoms with Crippen molar-refractivity contribution in [1.29, 1.82) is 0 Å². The van der Waals surface area contributed by atoms with Crippen LogP contribution in [0.1, 0.15) is 35.9 Å². The Hall–Kier alpha value is -0.760. The highest BCUT2D eigenvalue weighted by molar-refractivity contribution is 5.30. The van der Waals surface area contributed by atoms with E-state index in [1.165, 1.54) is 42.6 Å². The minimum Gasteiger partial charge on any atom is -0.366 e. The number of rotatable bonds is 1. The summed E-state index contributed by atoms with van der Waals surface area (Å²) in [5.74, 6) is 0. The quantitative estimate of drug-likeness (QED) is 0.630. The molecule has 0 bridgehead atoms. The Morgan fingerprint density at radius 1 is 1.33 bits per heavy atom. The molecule has 0 spiro atoms. The number of ether oxygens (including phenoxy) is 1. The number of epoxide rings is 1. The zero-order chi connectivity index (χ0) is 7.97. The van der Waals surface area contributed by atoms with Crippen LogP contribution in [0, 0.1) is 0 Å². The summed E-state index contributed by atoms with van der Waals surface area (Å²) in [5.41, 5.74) is 4.31. The summed E-state index contributed by atoms with van der Waals surface area (Å²) in [6.45, 7) is 0.916. The Morgan fingerprint density at radius 3 is 2.92 bits per heavy atom. The van der Waals surface area contributed by atoms with Crippen LogP contribution in [0.3, 0.4) is 0 Å². The topological polar surface area (TPSA) is 28.3 Å². The molecule has 12 heavy (non-hydrogen) atoms. The molecule has 2 nitrogen and oxygen atoms in total. The number of H-pyrrole nitrogens is 1. The van der Waals surface area contributed by atoms with Gasteiger partial charge in [0.15, 0.2) is 0 Å². The summed E-state index contributed by atoms with van der Waals surface area (Å²) in [6, 6.07) is 2.30. The van der Waals surface area contributed by atoms with Crippen molar-refractivity contribution in [2.75, 3.05) is 6.61 Å². The van der Waals surface area contributed by atoms with Crippen LogP contribution >= 0.6 is 0 Å². The molecule has 1 fully saturated rings. The highest BCUT2D eigenvalue weighted by atomic mass is 16.6. The molecule has 2 heterocycles. The van der Waals surface area contributed by atoms with Crippen LogP contribution in [0.5, 0.6) is 0 Å². The van der Waals surface area contributed by atoms with E-state index in [0.29, 0.717) is 6.10 Å². The Labute approximate surface area is 71.9 Å². The average Bonchev–Trinajstić information content (AvgIpc) is 2.85. The fourth-order valence-electron chi connectivity index (χ4n) is 2.03. The van der Waals surface area contributed by atoms with E-state index in [9.17, 15) is 0 Å². The minimum atomic E-state index is 0.399. The molecule has 1 aliphatic carbocycles. The summed E-state index contributed by atoms with van der Waals surface area (Å²) in [4.78, 5) is 3.47. The summed E-state index contributed by atoms with van der Waals surface area (Å²) in [7, 11) is 0. The molecule has 0 aromatic carbocycles. The maximum absolute atomic E-state index is 5.24. The van der Waals surface area contributed by atoms with Crippen LogP contribution in [0.4, 0.5) is 0 Å². The zero-order valence-corrected chi connectivity index (χ0v) is 7.10. The number of aromatic nitrogens is 1. The van der Waals surface area contributed by atoms with Crippen LogP contribution in [-0.4, -0.2) is 11.6 Å². The van der Waals surface area contributed by atoms with E-state index in [2.05, 4.69) is 11.1 Å². The van der Waals surface area contributed by atoms with Gasteiger partial charge in [0.1, 0.15) is 6.10 Å². The van der Waals surface area contributed by atoms with Crippen LogP contribution in [0.15, 0.2) is 6.07 Å². The fourth-order valence-corrected chi connectivity index (χ4v) is 2.03. The van der Waals surface area contributed by atoms with E-state index >= 15 is 0 Å². The predicted molar refractivity (Wildman–Crippen MR) is 46.1 cm³/mol. The monoisotopic (exact) mass is 163 g/mol. The van der Waals surface area contributed by atoms with Gasteiger partial charge in [0.05, 0.1) is 6.61 Å². The molecular formula is C10H13NO. The van der Waals surface area contributed by atoms with Gasteiger partial charge in [0, 0.05) is 11.4 Å². The van der Waals surface area contributed by atoms with Crippen molar-refractivity contribution in [3.05, 3.63) is 23.0 Å². The molecule has 1 aromatic heterocycles. The average molecular weight is 163 g/mol. The van der Waals surface area contributed by atoms with Gasteiger partial charge in [-0.25, -0.2) is 0 Å².